The van der Waals surface area contributed by atoms with Gasteiger partial charge in [-0.05, 0) is 62.6 Å². The third-order valence-electron chi connectivity index (χ3n) is 3.23. The number of benzene rings is 2. The zero-order chi connectivity index (χ0) is 15.6. The molecule has 1 unspecified atom stereocenters. The molecule has 0 aliphatic heterocycles. The van der Waals surface area contributed by atoms with Crippen LogP contribution in [0, 0.1) is 27.7 Å². The number of hydrogen-bond donors (Lipinski definition) is 0. The maximum Gasteiger partial charge on any atom is 0.530 e. The summed E-state index contributed by atoms with van der Waals surface area (Å²) in [6.45, 7) is 4.05. The Bertz CT molecular complexity index is 713. The fourth-order valence-corrected chi connectivity index (χ4v) is 3.24. The lowest BCUT2D eigenvalue weighted by Crippen LogP contribution is -1.97. The molecule has 5 heteroatoms. The zero-order valence-electron chi connectivity index (χ0n) is 12.5. The second-order valence-electron chi connectivity index (χ2n) is 5.13. The van der Waals surface area contributed by atoms with Crippen LogP contribution in [0.2, 0.25) is 0 Å². The number of aryl methyl sites for hydroxylation is 4. The molecule has 0 N–H and O–H groups in total. The molecule has 2 rings (SSSR count). The van der Waals surface area contributed by atoms with Gasteiger partial charge in [0.2, 0.25) is 0 Å². The van der Waals surface area contributed by atoms with E-state index >= 15 is 0 Å². The van der Waals surface area contributed by atoms with E-state index in [0.717, 1.165) is 22.3 Å². The van der Waals surface area contributed by atoms with Crippen molar-refractivity contribution >= 4 is 18.2 Å². The van der Waals surface area contributed by atoms with Gasteiger partial charge in [0.25, 0.3) is 0 Å². The Kier molecular flexibility index (Phi) is 4.65. The summed E-state index contributed by atoms with van der Waals surface area (Å²) in [5.41, 5.74) is 4.12. The van der Waals surface area contributed by atoms with Gasteiger partial charge in [-0.25, -0.2) is 4.57 Å². The molecule has 0 spiro atoms. The Morgan fingerprint density at radius 3 is 2.19 bits per heavy atom. The van der Waals surface area contributed by atoms with Gasteiger partial charge >= 0.3 is 6.95 Å². The summed E-state index contributed by atoms with van der Waals surface area (Å²) in [5.74, 6) is 0.893. The third kappa shape index (κ3) is 4.26. The molecule has 112 valence electrons. The second kappa shape index (κ2) is 6.13. The van der Waals surface area contributed by atoms with Crippen LogP contribution >= 0.6 is 18.2 Å². The smallest absolute Gasteiger partial charge is 0.405 e. The van der Waals surface area contributed by atoms with Gasteiger partial charge in [0.15, 0.2) is 0 Å². The lowest BCUT2D eigenvalue weighted by Gasteiger charge is -2.16. The number of hydrogen-bond acceptors (Lipinski definition) is 3. The molecule has 2 aromatic rings. The van der Waals surface area contributed by atoms with Gasteiger partial charge in [-0.3, -0.25) is 0 Å². The van der Waals surface area contributed by atoms with Crippen molar-refractivity contribution in [1.29, 1.82) is 0 Å². The van der Waals surface area contributed by atoms with E-state index in [9.17, 15) is 4.57 Å². The van der Waals surface area contributed by atoms with E-state index in [1.54, 1.807) is 18.2 Å². The Labute approximate surface area is 130 Å². The van der Waals surface area contributed by atoms with Gasteiger partial charge in [0.1, 0.15) is 11.5 Å². The SMILES string of the molecule is Cc1ccc(OP(=O)(Cl)Oc2ccc(C)c(C)c2)c(C)c1. The highest BCUT2D eigenvalue weighted by molar-refractivity contribution is 7.82. The standard InChI is InChI=1S/C16H18ClO3P/c1-11-5-8-16(14(4)9-11)20-21(17,18)19-15-7-6-12(2)13(3)10-15/h5-10H,1-4H3. The van der Waals surface area contributed by atoms with Crippen LogP contribution in [0.15, 0.2) is 36.4 Å². The first-order chi connectivity index (χ1) is 9.77. The van der Waals surface area contributed by atoms with Gasteiger partial charge in [-0.1, -0.05) is 23.8 Å². The van der Waals surface area contributed by atoms with Crippen molar-refractivity contribution in [2.45, 2.75) is 27.7 Å². The van der Waals surface area contributed by atoms with E-state index in [1.807, 2.05) is 45.9 Å². The summed E-state index contributed by atoms with van der Waals surface area (Å²) in [5, 5.41) is 0. The lowest BCUT2D eigenvalue weighted by atomic mass is 10.1. The van der Waals surface area contributed by atoms with Crippen molar-refractivity contribution in [3.8, 4) is 11.5 Å². The Morgan fingerprint density at radius 2 is 1.57 bits per heavy atom. The van der Waals surface area contributed by atoms with Crippen LogP contribution in [0.1, 0.15) is 22.3 Å². The van der Waals surface area contributed by atoms with Crippen molar-refractivity contribution in [1.82, 2.24) is 0 Å². The molecule has 0 saturated carbocycles. The molecule has 2 aromatic carbocycles. The average molecular weight is 325 g/mol. The van der Waals surface area contributed by atoms with Crippen LogP contribution < -0.4 is 9.05 Å². The summed E-state index contributed by atoms with van der Waals surface area (Å²) >= 11 is 5.92. The van der Waals surface area contributed by atoms with Crippen molar-refractivity contribution < 1.29 is 13.6 Å². The molecule has 0 bridgehead atoms. The summed E-state index contributed by atoms with van der Waals surface area (Å²) in [7, 11) is 0. The average Bonchev–Trinajstić information content (AvgIpc) is 2.37. The molecule has 0 aromatic heterocycles. The summed E-state index contributed by atoms with van der Waals surface area (Å²) < 4.78 is 23.0. The van der Waals surface area contributed by atoms with E-state index in [1.165, 1.54) is 0 Å². The molecule has 0 radical (unpaired) electrons. The van der Waals surface area contributed by atoms with Crippen LogP contribution in [-0.4, -0.2) is 0 Å². The lowest BCUT2D eigenvalue weighted by molar-refractivity contribution is 0.405. The molecule has 21 heavy (non-hydrogen) atoms. The molecule has 0 saturated heterocycles. The summed E-state index contributed by atoms with van der Waals surface area (Å²) in [6.07, 6.45) is 0. The summed E-state index contributed by atoms with van der Waals surface area (Å²) in [4.78, 5) is 0. The molecular weight excluding hydrogens is 307 g/mol. The van der Waals surface area contributed by atoms with E-state index < -0.39 is 6.95 Å². The fourth-order valence-electron chi connectivity index (χ4n) is 1.93. The maximum atomic E-state index is 12.3. The van der Waals surface area contributed by atoms with Gasteiger partial charge in [-0.2, -0.15) is 0 Å². The molecule has 3 nitrogen and oxygen atoms in total. The zero-order valence-corrected chi connectivity index (χ0v) is 14.2. The third-order valence-corrected chi connectivity index (χ3v) is 4.49. The highest BCUT2D eigenvalue weighted by Crippen LogP contribution is 2.53. The van der Waals surface area contributed by atoms with E-state index in [2.05, 4.69) is 0 Å². The minimum atomic E-state index is -3.74. The Morgan fingerprint density at radius 1 is 0.857 bits per heavy atom. The topological polar surface area (TPSA) is 35.5 Å². The van der Waals surface area contributed by atoms with Crippen LogP contribution in [0.25, 0.3) is 0 Å². The largest absolute Gasteiger partial charge is 0.530 e. The molecule has 0 fully saturated rings. The van der Waals surface area contributed by atoms with Crippen LogP contribution in [0.4, 0.5) is 0 Å². The maximum absolute atomic E-state index is 12.3. The number of rotatable bonds is 4. The van der Waals surface area contributed by atoms with Crippen molar-refractivity contribution in [3.05, 3.63) is 58.7 Å². The minimum Gasteiger partial charge on any atom is -0.405 e. The van der Waals surface area contributed by atoms with Crippen LogP contribution in [-0.2, 0) is 4.57 Å². The normalized spacial score (nSPS) is 13.6. The van der Waals surface area contributed by atoms with Crippen molar-refractivity contribution in [3.63, 3.8) is 0 Å². The molecule has 1 atom stereocenters. The predicted molar refractivity (Wildman–Crippen MR) is 86.5 cm³/mol. The van der Waals surface area contributed by atoms with Gasteiger partial charge in [0, 0.05) is 11.2 Å². The monoisotopic (exact) mass is 324 g/mol. The molecule has 0 heterocycles. The molecule has 0 aliphatic carbocycles. The second-order valence-corrected chi connectivity index (χ2v) is 7.60. The van der Waals surface area contributed by atoms with Gasteiger partial charge in [-0.15, -0.1) is 0 Å². The van der Waals surface area contributed by atoms with Crippen molar-refractivity contribution in [2.24, 2.45) is 0 Å². The van der Waals surface area contributed by atoms with Gasteiger partial charge in [0.05, 0.1) is 0 Å². The van der Waals surface area contributed by atoms with E-state index in [-0.39, 0.29) is 0 Å². The van der Waals surface area contributed by atoms with E-state index in [4.69, 9.17) is 20.3 Å². The number of halogens is 1. The molecular formula is C16H18ClO3P. The Balaban J connectivity index is 2.18. The quantitative estimate of drug-likeness (QED) is 0.674. The summed E-state index contributed by atoms with van der Waals surface area (Å²) in [6, 6.07) is 10.9. The predicted octanol–water partition coefficient (Wildman–Crippen LogP) is 5.72. The van der Waals surface area contributed by atoms with Crippen LogP contribution in [0.5, 0.6) is 11.5 Å². The van der Waals surface area contributed by atoms with Crippen LogP contribution in [0.3, 0.4) is 0 Å². The van der Waals surface area contributed by atoms with Gasteiger partial charge < -0.3 is 9.05 Å². The first-order valence-electron chi connectivity index (χ1n) is 6.60. The Hall–Kier alpha value is -1.44. The highest BCUT2D eigenvalue weighted by atomic mass is 35.7. The highest BCUT2D eigenvalue weighted by Gasteiger charge is 2.25. The van der Waals surface area contributed by atoms with Crippen molar-refractivity contribution in [2.75, 3.05) is 0 Å². The fraction of sp³-hybridized carbons (Fsp3) is 0.250. The first kappa shape index (κ1) is 15.9. The first-order valence-corrected chi connectivity index (χ1v) is 9.05. The molecule has 0 amide bonds. The van der Waals surface area contributed by atoms with E-state index in [0.29, 0.717) is 11.5 Å². The minimum absolute atomic E-state index is 0.432. The molecule has 0 aliphatic rings.